The highest BCUT2D eigenvalue weighted by Crippen LogP contribution is 2.24. The van der Waals surface area contributed by atoms with Crippen LogP contribution in [0.25, 0.3) is 0 Å². The van der Waals surface area contributed by atoms with Crippen molar-refractivity contribution in [2.45, 2.75) is 95.1 Å². The SMILES string of the molecule is CC(O)C(CO)OC(OC1C(CO)OC(O)C(O)C1O)C(O)O.CCC(C)(C)NC(=O)O. The number of amides is 1. The van der Waals surface area contributed by atoms with Crippen molar-refractivity contribution < 1.29 is 65.0 Å². The highest BCUT2D eigenvalue weighted by molar-refractivity contribution is 5.65. The molecule has 32 heavy (non-hydrogen) atoms. The zero-order valence-corrected chi connectivity index (χ0v) is 18.5. The number of carboxylic acid groups (broad SMARTS) is 1. The van der Waals surface area contributed by atoms with Crippen LogP contribution in [0.5, 0.6) is 0 Å². The van der Waals surface area contributed by atoms with Crippen molar-refractivity contribution >= 4 is 6.09 Å². The lowest BCUT2D eigenvalue weighted by Gasteiger charge is -2.41. The Balaban J connectivity index is 0.000000900. The van der Waals surface area contributed by atoms with E-state index in [0.29, 0.717) is 0 Å². The molecule has 0 aromatic carbocycles. The van der Waals surface area contributed by atoms with Crippen molar-refractivity contribution in [3.8, 4) is 0 Å². The third-order valence-electron chi connectivity index (χ3n) is 4.73. The number of nitrogens with one attached hydrogen (secondary N) is 1. The Morgan fingerprint density at radius 2 is 1.69 bits per heavy atom. The monoisotopic (exact) mass is 475 g/mol. The fourth-order valence-corrected chi connectivity index (χ4v) is 2.42. The molecule has 0 aromatic rings. The molecule has 192 valence electrons. The van der Waals surface area contributed by atoms with Crippen LogP contribution in [-0.4, -0.2) is 126 Å². The first-order valence-corrected chi connectivity index (χ1v) is 9.98. The van der Waals surface area contributed by atoms with Gasteiger partial charge in [-0.2, -0.15) is 0 Å². The van der Waals surface area contributed by atoms with Crippen LogP contribution in [0.15, 0.2) is 0 Å². The Bertz CT molecular complexity index is 531. The highest BCUT2D eigenvalue weighted by Gasteiger charge is 2.46. The van der Waals surface area contributed by atoms with Gasteiger partial charge in [-0.15, -0.1) is 0 Å². The molecule has 1 saturated heterocycles. The van der Waals surface area contributed by atoms with Gasteiger partial charge in [-0.3, -0.25) is 0 Å². The standard InChI is InChI=1S/C12H24O11.C6H13NO2/c1-4(15)5(2-13)22-12(10(18)19)23-9-6(3-14)21-11(20)8(17)7(9)16;1-4-6(2,3)7-5(8)9/h4-20H,2-3H2,1H3;7H,4H2,1-3H3,(H,8,9). The van der Waals surface area contributed by atoms with Crippen molar-refractivity contribution in [2.75, 3.05) is 13.2 Å². The van der Waals surface area contributed by atoms with Gasteiger partial charge in [0.25, 0.3) is 0 Å². The van der Waals surface area contributed by atoms with E-state index < -0.39 is 74.8 Å². The summed E-state index contributed by atoms with van der Waals surface area (Å²) >= 11 is 0. The molecule has 0 aromatic heterocycles. The Morgan fingerprint density at radius 3 is 2.03 bits per heavy atom. The summed E-state index contributed by atoms with van der Waals surface area (Å²) < 4.78 is 15.0. The number of ether oxygens (including phenoxy) is 3. The Hall–Kier alpha value is -1.17. The van der Waals surface area contributed by atoms with E-state index in [0.717, 1.165) is 6.42 Å². The van der Waals surface area contributed by atoms with E-state index in [1.54, 1.807) is 0 Å². The van der Waals surface area contributed by atoms with Gasteiger partial charge in [0.05, 0.1) is 19.3 Å². The lowest BCUT2D eigenvalue weighted by atomic mass is 9.99. The minimum absolute atomic E-state index is 0.286. The first-order chi connectivity index (χ1) is 14.7. The summed E-state index contributed by atoms with van der Waals surface area (Å²) in [6.07, 6.45) is -14.6. The largest absolute Gasteiger partial charge is 0.465 e. The average molecular weight is 475 g/mol. The molecule has 1 rings (SSSR count). The molecule has 10 N–H and O–H groups in total. The zero-order chi connectivity index (χ0) is 25.2. The molecule has 1 amide bonds. The molecule has 1 aliphatic rings. The van der Waals surface area contributed by atoms with E-state index in [9.17, 15) is 40.5 Å². The lowest BCUT2D eigenvalue weighted by Crippen LogP contribution is -2.61. The summed E-state index contributed by atoms with van der Waals surface area (Å²) in [5, 5.41) is 85.7. The molecule has 8 atom stereocenters. The van der Waals surface area contributed by atoms with Crippen LogP contribution in [0.1, 0.15) is 34.1 Å². The maximum Gasteiger partial charge on any atom is 0.405 e. The van der Waals surface area contributed by atoms with Crippen molar-refractivity contribution in [1.29, 1.82) is 0 Å². The van der Waals surface area contributed by atoms with Gasteiger partial charge < -0.3 is 65.5 Å². The quantitative estimate of drug-likeness (QED) is 0.139. The molecule has 14 nitrogen and oxygen atoms in total. The normalized spacial score (nSPS) is 29.0. The molecule has 0 aliphatic carbocycles. The molecule has 14 heteroatoms. The summed E-state index contributed by atoms with van der Waals surface area (Å²) in [6, 6.07) is 0. The predicted molar refractivity (Wildman–Crippen MR) is 106 cm³/mol. The molecule has 0 spiro atoms. The lowest BCUT2D eigenvalue weighted by molar-refractivity contribution is -0.349. The summed E-state index contributed by atoms with van der Waals surface area (Å²) in [4.78, 5) is 10.1. The first-order valence-electron chi connectivity index (χ1n) is 9.98. The minimum atomic E-state index is -2.22. The smallest absolute Gasteiger partial charge is 0.405 e. The van der Waals surface area contributed by atoms with Crippen LogP contribution < -0.4 is 5.32 Å². The van der Waals surface area contributed by atoms with E-state index in [1.165, 1.54) is 6.92 Å². The molecular formula is C18H37NO13. The van der Waals surface area contributed by atoms with Crippen LogP contribution in [-0.2, 0) is 14.2 Å². The number of aliphatic hydroxyl groups excluding tert-OH is 7. The van der Waals surface area contributed by atoms with Crippen LogP contribution in [0.2, 0.25) is 0 Å². The molecule has 0 bridgehead atoms. The zero-order valence-electron chi connectivity index (χ0n) is 18.5. The summed E-state index contributed by atoms with van der Waals surface area (Å²) in [5.74, 6) is 0. The average Bonchev–Trinajstić information content (AvgIpc) is 2.69. The van der Waals surface area contributed by atoms with Crippen molar-refractivity contribution in [2.24, 2.45) is 0 Å². The highest BCUT2D eigenvalue weighted by atomic mass is 16.7. The summed E-state index contributed by atoms with van der Waals surface area (Å²) in [5.41, 5.74) is -0.286. The van der Waals surface area contributed by atoms with Gasteiger partial charge in [-0.05, 0) is 27.2 Å². The molecule has 1 heterocycles. The Morgan fingerprint density at radius 1 is 1.12 bits per heavy atom. The Kier molecular flexibility index (Phi) is 13.7. The number of aliphatic hydroxyl groups is 8. The number of carbonyl (C=O) groups is 1. The maximum absolute atomic E-state index is 10.1. The van der Waals surface area contributed by atoms with E-state index in [1.807, 2.05) is 20.8 Å². The van der Waals surface area contributed by atoms with Crippen molar-refractivity contribution in [3.63, 3.8) is 0 Å². The van der Waals surface area contributed by atoms with Crippen LogP contribution in [0.3, 0.4) is 0 Å². The number of rotatable bonds is 10. The van der Waals surface area contributed by atoms with E-state index in [-0.39, 0.29) is 5.54 Å². The van der Waals surface area contributed by atoms with Gasteiger partial charge in [0.15, 0.2) is 6.29 Å². The second kappa shape index (κ2) is 14.2. The van der Waals surface area contributed by atoms with Gasteiger partial charge >= 0.3 is 6.09 Å². The van der Waals surface area contributed by atoms with Gasteiger partial charge in [-0.1, -0.05) is 6.92 Å². The van der Waals surface area contributed by atoms with E-state index in [4.69, 9.17) is 24.4 Å². The summed E-state index contributed by atoms with van der Waals surface area (Å²) in [6.45, 7) is 5.56. The van der Waals surface area contributed by atoms with Crippen LogP contribution in [0, 0.1) is 0 Å². The summed E-state index contributed by atoms with van der Waals surface area (Å²) in [7, 11) is 0. The second-order valence-corrected chi connectivity index (χ2v) is 7.88. The third-order valence-corrected chi connectivity index (χ3v) is 4.73. The Labute approximate surface area is 185 Å². The van der Waals surface area contributed by atoms with Gasteiger partial charge in [0.2, 0.25) is 12.6 Å². The van der Waals surface area contributed by atoms with Gasteiger partial charge in [0.1, 0.15) is 30.5 Å². The second-order valence-electron chi connectivity index (χ2n) is 7.88. The first kappa shape index (κ1) is 30.8. The molecule has 0 saturated carbocycles. The van der Waals surface area contributed by atoms with Crippen LogP contribution in [0.4, 0.5) is 4.79 Å². The molecule has 8 unspecified atom stereocenters. The predicted octanol–water partition coefficient (Wildman–Crippen LogP) is -3.36. The number of hydrogen-bond acceptors (Lipinski definition) is 12. The van der Waals surface area contributed by atoms with Crippen molar-refractivity contribution in [3.05, 3.63) is 0 Å². The maximum atomic E-state index is 10.1. The molecular weight excluding hydrogens is 438 g/mol. The fourth-order valence-electron chi connectivity index (χ4n) is 2.42. The molecule has 0 radical (unpaired) electrons. The van der Waals surface area contributed by atoms with Crippen molar-refractivity contribution in [1.82, 2.24) is 5.32 Å². The van der Waals surface area contributed by atoms with Gasteiger partial charge in [-0.25, -0.2) is 4.79 Å². The topological polar surface area (TPSA) is 239 Å². The van der Waals surface area contributed by atoms with E-state index in [2.05, 4.69) is 5.32 Å². The van der Waals surface area contributed by atoms with E-state index >= 15 is 0 Å². The third kappa shape index (κ3) is 10.2. The number of hydrogen-bond donors (Lipinski definition) is 10. The minimum Gasteiger partial charge on any atom is -0.465 e. The fraction of sp³-hybridized carbons (Fsp3) is 0.944. The van der Waals surface area contributed by atoms with Crippen LogP contribution >= 0.6 is 0 Å². The van der Waals surface area contributed by atoms with Gasteiger partial charge in [0, 0.05) is 5.54 Å². The molecule has 1 fully saturated rings. The molecule has 1 aliphatic heterocycles.